The van der Waals surface area contributed by atoms with Crippen LogP contribution in [0.2, 0.25) is 0 Å². The van der Waals surface area contributed by atoms with E-state index in [1.54, 1.807) is 19.2 Å². The Morgan fingerprint density at radius 1 is 1.00 bits per heavy atom. The van der Waals surface area contributed by atoms with Gasteiger partial charge in [0.1, 0.15) is 11.3 Å². The molecule has 0 atom stereocenters. The Bertz CT molecular complexity index is 1140. The molecule has 3 aromatic rings. The molecule has 1 heterocycles. The predicted molar refractivity (Wildman–Crippen MR) is 122 cm³/mol. The molecule has 0 aliphatic rings. The lowest BCUT2D eigenvalue weighted by atomic mass is 10.1. The van der Waals surface area contributed by atoms with Gasteiger partial charge in [0, 0.05) is 12.6 Å². The smallest absolute Gasteiger partial charge is 0.279 e. The van der Waals surface area contributed by atoms with E-state index in [4.69, 9.17) is 18.9 Å². The van der Waals surface area contributed by atoms with Crippen molar-refractivity contribution in [3.05, 3.63) is 40.2 Å². The number of hydrogen-bond acceptors (Lipinski definition) is 6. The van der Waals surface area contributed by atoms with Crippen molar-refractivity contribution in [3.63, 3.8) is 0 Å². The fourth-order valence-corrected chi connectivity index (χ4v) is 4.38. The molecule has 0 saturated carbocycles. The Hall–Kier alpha value is -3.00. The average molecular weight is 445 g/mol. The van der Waals surface area contributed by atoms with Gasteiger partial charge in [-0.05, 0) is 51.5 Å². The lowest BCUT2D eigenvalue weighted by molar-refractivity contribution is 0.0996. The first-order chi connectivity index (χ1) is 14.9. The molecule has 0 radical (unpaired) electrons. The van der Waals surface area contributed by atoms with Gasteiger partial charge in [0.25, 0.3) is 5.91 Å². The number of thiazole rings is 1. The Labute approximate surface area is 185 Å². The zero-order valence-corrected chi connectivity index (χ0v) is 19.6. The molecular formula is C23H28N2O5S. The van der Waals surface area contributed by atoms with Crippen LogP contribution in [-0.2, 0) is 7.05 Å². The molecule has 166 valence electrons. The molecule has 0 aliphatic heterocycles. The maximum Gasteiger partial charge on any atom is 0.279 e. The van der Waals surface area contributed by atoms with Crippen molar-refractivity contribution in [1.29, 1.82) is 0 Å². The highest BCUT2D eigenvalue weighted by Gasteiger charge is 2.19. The van der Waals surface area contributed by atoms with Gasteiger partial charge in [-0.2, -0.15) is 4.99 Å². The first kappa shape index (κ1) is 22.7. The number of benzene rings is 2. The van der Waals surface area contributed by atoms with Crippen LogP contribution >= 0.6 is 11.3 Å². The molecule has 7 nitrogen and oxygen atoms in total. The molecule has 1 amide bonds. The number of carbonyl (C=O) groups excluding carboxylic acids is 1. The normalized spacial score (nSPS) is 11.6. The van der Waals surface area contributed by atoms with Crippen LogP contribution in [-0.4, -0.2) is 37.4 Å². The van der Waals surface area contributed by atoms with E-state index in [0.29, 0.717) is 47.4 Å². The lowest BCUT2D eigenvalue weighted by Gasteiger charge is -2.16. The molecule has 0 N–H and O–H groups in total. The van der Waals surface area contributed by atoms with Crippen LogP contribution in [0.4, 0.5) is 0 Å². The third-order valence-corrected chi connectivity index (χ3v) is 5.95. The van der Waals surface area contributed by atoms with Gasteiger partial charge in [-0.25, -0.2) is 0 Å². The summed E-state index contributed by atoms with van der Waals surface area (Å²) in [7, 11) is 3.51. The summed E-state index contributed by atoms with van der Waals surface area (Å²) in [6.07, 6.45) is 0. The van der Waals surface area contributed by atoms with Gasteiger partial charge in [0.05, 0.1) is 31.6 Å². The monoisotopic (exact) mass is 444 g/mol. The molecule has 0 aliphatic carbocycles. The largest absolute Gasteiger partial charge is 0.495 e. The number of carbonyl (C=O) groups is 1. The van der Waals surface area contributed by atoms with E-state index in [1.807, 2.05) is 51.4 Å². The van der Waals surface area contributed by atoms with E-state index in [-0.39, 0.29) is 5.91 Å². The van der Waals surface area contributed by atoms with Crippen molar-refractivity contribution < 1.29 is 23.7 Å². The topological polar surface area (TPSA) is 71.3 Å². The Morgan fingerprint density at radius 3 is 2.16 bits per heavy atom. The van der Waals surface area contributed by atoms with Crippen LogP contribution < -0.4 is 23.7 Å². The summed E-state index contributed by atoms with van der Waals surface area (Å²) >= 11 is 1.45. The van der Waals surface area contributed by atoms with Gasteiger partial charge in [0.15, 0.2) is 16.3 Å². The summed E-state index contributed by atoms with van der Waals surface area (Å²) < 4.78 is 25.6. The fraction of sp³-hybridized carbons (Fsp3) is 0.391. The zero-order chi connectivity index (χ0) is 22.5. The van der Waals surface area contributed by atoms with Crippen LogP contribution in [0.15, 0.2) is 29.3 Å². The highest BCUT2D eigenvalue weighted by atomic mass is 32.1. The molecule has 0 fully saturated rings. The first-order valence-corrected chi connectivity index (χ1v) is 11.0. The van der Waals surface area contributed by atoms with Crippen LogP contribution in [0.3, 0.4) is 0 Å². The van der Waals surface area contributed by atoms with Crippen LogP contribution in [0.5, 0.6) is 23.0 Å². The van der Waals surface area contributed by atoms with E-state index in [9.17, 15) is 4.79 Å². The van der Waals surface area contributed by atoms with Gasteiger partial charge in [-0.15, -0.1) is 0 Å². The number of rotatable bonds is 8. The highest BCUT2D eigenvalue weighted by molar-refractivity contribution is 7.16. The van der Waals surface area contributed by atoms with E-state index < -0.39 is 0 Å². The third-order valence-electron chi connectivity index (χ3n) is 4.68. The predicted octanol–water partition coefficient (Wildman–Crippen LogP) is 4.49. The summed E-state index contributed by atoms with van der Waals surface area (Å²) in [5.74, 6) is 1.78. The van der Waals surface area contributed by atoms with Gasteiger partial charge >= 0.3 is 0 Å². The summed E-state index contributed by atoms with van der Waals surface area (Å²) in [5.41, 5.74) is 2.39. The molecule has 0 unspecified atom stereocenters. The fourth-order valence-electron chi connectivity index (χ4n) is 3.28. The number of nitrogens with zero attached hydrogens (tertiary/aromatic N) is 2. The molecular weight excluding hydrogens is 416 g/mol. The quantitative estimate of drug-likeness (QED) is 0.512. The SMILES string of the molecule is CCOc1cc(C(=O)N=c2sc3c(C)ccc(OC)c3n2C)cc(OCC)c1OCC. The van der Waals surface area contributed by atoms with Gasteiger partial charge < -0.3 is 23.5 Å². The second-order valence-corrected chi connectivity index (χ2v) is 7.70. The van der Waals surface area contributed by atoms with E-state index >= 15 is 0 Å². The number of aromatic nitrogens is 1. The Kier molecular flexibility index (Phi) is 7.22. The number of ether oxygens (including phenoxy) is 4. The Morgan fingerprint density at radius 2 is 1.61 bits per heavy atom. The minimum Gasteiger partial charge on any atom is -0.495 e. The molecule has 31 heavy (non-hydrogen) atoms. The van der Waals surface area contributed by atoms with Crippen molar-refractivity contribution in [3.8, 4) is 23.0 Å². The minimum atomic E-state index is -0.385. The molecule has 2 aromatic carbocycles. The van der Waals surface area contributed by atoms with Gasteiger partial charge in [0.2, 0.25) is 5.75 Å². The first-order valence-electron chi connectivity index (χ1n) is 10.2. The molecule has 0 spiro atoms. The summed E-state index contributed by atoms with van der Waals surface area (Å²) in [4.78, 5) is 18.1. The summed E-state index contributed by atoms with van der Waals surface area (Å²) in [5, 5.41) is 0. The second-order valence-electron chi connectivity index (χ2n) is 6.72. The molecule has 3 rings (SSSR count). The van der Waals surface area contributed by atoms with E-state index in [2.05, 4.69) is 4.99 Å². The standard InChI is InChI=1S/C23H28N2O5S/c1-7-28-17-12-15(13-18(29-8-2)20(17)30-9-3)22(26)24-23-25(5)19-16(27-6)11-10-14(4)21(19)31-23/h10-13H,7-9H2,1-6H3. The second kappa shape index (κ2) is 9.87. The van der Waals surface area contributed by atoms with Crippen LogP contribution in [0, 0.1) is 6.92 Å². The van der Waals surface area contributed by atoms with Crippen LogP contribution in [0.1, 0.15) is 36.7 Å². The van der Waals surface area contributed by atoms with E-state index in [1.165, 1.54) is 11.3 Å². The maximum absolute atomic E-state index is 13.1. The zero-order valence-electron chi connectivity index (χ0n) is 18.8. The highest BCUT2D eigenvalue weighted by Crippen LogP contribution is 2.39. The number of fused-ring (bicyclic) bond motifs is 1. The Balaban J connectivity index is 2.14. The van der Waals surface area contributed by atoms with Crippen molar-refractivity contribution in [1.82, 2.24) is 4.57 Å². The summed E-state index contributed by atoms with van der Waals surface area (Å²) in [6.45, 7) is 8.99. The van der Waals surface area contributed by atoms with E-state index in [0.717, 1.165) is 21.5 Å². The van der Waals surface area contributed by atoms with Crippen LogP contribution in [0.25, 0.3) is 10.2 Å². The van der Waals surface area contributed by atoms with Gasteiger partial charge in [-0.3, -0.25) is 4.79 Å². The number of hydrogen-bond donors (Lipinski definition) is 0. The molecule has 0 saturated heterocycles. The van der Waals surface area contributed by atoms with Crippen molar-refractivity contribution >= 4 is 27.5 Å². The van der Waals surface area contributed by atoms with Crippen molar-refractivity contribution in [2.45, 2.75) is 27.7 Å². The number of methoxy groups -OCH3 is 1. The average Bonchev–Trinajstić information content (AvgIpc) is 3.08. The molecule has 0 bridgehead atoms. The number of amides is 1. The van der Waals surface area contributed by atoms with Crippen molar-refractivity contribution in [2.24, 2.45) is 12.0 Å². The molecule has 1 aromatic heterocycles. The third kappa shape index (κ3) is 4.54. The number of aryl methyl sites for hydroxylation is 2. The molecule has 8 heteroatoms. The van der Waals surface area contributed by atoms with Gasteiger partial charge in [-0.1, -0.05) is 17.4 Å². The summed E-state index contributed by atoms with van der Waals surface area (Å²) in [6, 6.07) is 7.23. The maximum atomic E-state index is 13.1. The minimum absolute atomic E-state index is 0.372. The van der Waals surface area contributed by atoms with Crippen molar-refractivity contribution in [2.75, 3.05) is 26.9 Å². The lowest BCUT2D eigenvalue weighted by Crippen LogP contribution is -2.14.